The zero-order valence-corrected chi connectivity index (χ0v) is 16.0. The predicted molar refractivity (Wildman–Crippen MR) is 105 cm³/mol. The first-order chi connectivity index (χ1) is 13.4. The van der Waals surface area contributed by atoms with Crippen LogP contribution in [0.3, 0.4) is 0 Å². The van der Waals surface area contributed by atoms with E-state index in [9.17, 15) is 9.59 Å². The zero-order chi connectivity index (χ0) is 20.0. The third-order valence-corrected chi connectivity index (χ3v) is 5.21. The number of fused-ring (bicyclic) bond motifs is 3. The first-order valence-corrected chi connectivity index (χ1v) is 8.95. The number of halogens is 2. The van der Waals surface area contributed by atoms with Crippen LogP contribution in [0.1, 0.15) is 17.0 Å². The summed E-state index contributed by atoms with van der Waals surface area (Å²) in [5, 5.41) is 1.04. The largest absolute Gasteiger partial charge is 0.465 e. The van der Waals surface area contributed by atoms with Gasteiger partial charge in [0.2, 0.25) is 5.88 Å². The number of carbonyl (C=O) groups excluding carboxylic acids is 1. The molecule has 0 bridgehead atoms. The molecule has 3 aromatic rings. The van der Waals surface area contributed by atoms with Crippen molar-refractivity contribution in [1.82, 2.24) is 0 Å². The average molecular weight is 418 g/mol. The standard InChI is InChI=1S/C20H13Cl2NO5/c1-26-19(24)16-14(13-10(21)6-4-7-11(13)22)15-17(28-18(16)23)9-5-2-3-8-12(9)27-20(15)25/h2-8,14H,23H2,1H3/t14-/m0/s1. The first-order valence-electron chi connectivity index (χ1n) is 8.19. The monoisotopic (exact) mass is 417 g/mol. The zero-order valence-electron chi connectivity index (χ0n) is 14.5. The van der Waals surface area contributed by atoms with Crippen molar-refractivity contribution < 1.29 is 18.7 Å². The summed E-state index contributed by atoms with van der Waals surface area (Å²) >= 11 is 12.8. The van der Waals surface area contributed by atoms with E-state index in [1.54, 1.807) is 42.5 Å². The van der Waals surface area contributed by atoms with Gasteiger partial charge in [-0.2, -0.15) is 0 Å². The molecule has 1 aliphatic heterocycles. The Kier molecular flexibility index (Phi) is 4.53. The van der Waals surface area contributed by atoms with Gasteiger partial charge in [0.1, 0.15) is 11.2 Å². The number of esters is 1. The van der Waals surface area contributed by atoms with Crippen LogP contribution in [0.2, 0.25) is 10.0 Å². The van der Waals surface area contributed by atoms with Gasteiger partial charge in [0, 0.05) is 15.6 Å². The van der Waals surface area contributed by atoms with E-state index < -0.39 is 17.5 Å². The van der Waals surface area contributed by atoms with Crippen LogP contribution >= 0.6 is 23.2 Å². The average Bonchev–Trinajstić information content (AvgIpc) is 2.67. The van der Waals surface area contributed by atoms with Gasteiger partial charge in [-0.3, -0.25) is 0 Å². The Labute approximate surface area is 169 Å². The van der Waals surface area contributed by atoms with Gasteiger partial charge in [-0.1, -0.05) is 41.4 Å². The third kappa shape index (κ3) is 2.73. The molecule has 0 spiro atoms. The van der Waals surface area contributed by atoms with E-state index in [1.807, 2.05) is 0 Å². The van der Waals surface area contributed by atoms with Gasteiger partial charge in [-0.05, 0) is 24.3 Å². The van der Waals surface area contributed by atoms with Crippen molar-refractivity contribution in [2.24, 2.45) is 5.73 Å². The number of hydrogen-bond acceptors (Lipinski definition) is 6. The molecule has 0 fully saturated rings. The Bertz CT molecular complexity index is 1190. The second kappa shape index (κ2) is 6.89. The minimum absolute atomic E-state index is 0.0725. The third-order valence-electron chi connectivity index (χ3n) is 4.55. The fourth-order valence-electron chi connectivity index (χ4n) is 3.35. The van der Waals surface area contributed by atoms with Gasteiger partial charge in [0.25, 0.3) is 0 Å². The van der Waals surface area contributed by atoms with Crippen LogP contribution in [-0.2, 0) is 9.53 Å². The minimum atomic E-state index is -1.02. The van der Waals surface area contributed by atoms with Gasteiger partial charge < -0.3 is 19.6 Å². The summed E-state index contributed by atoms with van der Waals surface area (Å²) in [7, 11) is 1.20. The molecule has 0 saturated carbocycles. The highest BCUT2D eigenvalue weighted by Gasteiger charge is 2.40. The molecule has 0 unspecified atom stereocenters. The number of rotatable bonds is 2. The lowest BCUT2D eigenvalue weighted by Crippen LogP contribution is -2.31. The normalized spacial score (nSPS) is 15.9. The molecule has 1 aromatic heterocycles. The molecule has 142 valence electrons. The predicted octanol–water partition coefficient (Wildman–Crippen LogP) is 3.97. The maximum Gasteiger partial charge on any atom is 0.344 e. The van der Waals surface area contributed by atoms with Crippen molar-refractivity contribution in [1.29, 1.82) is 0 Å². The van der Waals surface area contributed by atoms with Gasteiger partial charge in [-0.25, -0.2) is 9.59 Å². The van der Waals surface area contributed by atoms with Crippen LogP contribution in [0.15, 0.2) is 63.1 Å². The van der Waals surface area contributed by atoms with Gasteiger partial charge in [0.15, 0.2) is 5.75 Å². The van der Waals surface area contributed by atoms with Gasteiger partial charge in [0.05, 0.1) is 24.0 Å². The second-order valence-electron chi connectivity index (χ2n) is 6.07. The number of para-hydroxylation sites is 1. The number of hydrogen-bond donors (Lipinski definition) is 1. The Hall–Kier alpha value is -2.96. The van der Waals surface area contributed by atoms with E-state index in [1.165, 1.54) is 7.11 Å². The van der Waals surface area contributed by atoms with E-state index in [2.05, 4.69) is 0 Å². The highest BCUT2D eigenvalue weighted by Crippen LogP contribution is 2.47. The quantitative estimate of drug-likeness (QED) is 0.500. The summed E-state index contributed by atoms with van der Waals surface area (Å²) in [5.41, 5.74) is 6.04. The minimum Gasteiger partial charge on any atom is -0.465 e. The van der Waals surface area contributed by atoms with Crippen LogP contribution in [0, 0.1) is 0 Å². The first kappa shape index (κ1) is 18.4. The fourth-order valence-corrected chi connectivity index (χ4v) is 3.97. The van der Waals surface area contributed by atoms with E-state index in [0.29, 0.717) is 16.5 Å². The van der Waals surface area contributed by atoms with Crippen LogP contribution in [-0.4, -0.2) is 13.1 Å². The number of ether oxygens (including phenoxy) is 2. The summed E-state index contributed by atoms with van der Waals surface area (Å²) in [6, 6.07) is 11.7. The topological polar surface area (TPSA) is 91.8 Å². The second-order valence-corrected chi connectivity index (χ2v) is 6.88. The van der Waals surface area contributed by atoms with Crippen molar-refractivity contribution in [3.8, 4) is 5.75 Å². The molecular weight excluding hydrogens is 405 g/mol. The fraction of sp³-hybridized carbons (Fsp3) is 0.100. The molecule has 28 heavy (non-hydrogen) atoms. The summed E-state index contributed by atoms with van der Waals surface area (Å²) in [6.45, 7) is 0. The Morgan fingerprint density at radius 3 is 2.43 bits per heavy atom. The van der Waals surface area contributed by atoms with E-state index >= 15 is 0 Å². The molecular formula is C20H13Cl2NO5. The van der Waals surface area contributed by atoms with E-state index in [4.69, 9.17) is 42.8 Å². The Morgan fingerprint density at radius 1 is 1.07 bits per heavy atom. The van der Waals surface area contributed by atoms with Gasteiger partial charge >= 0.3 is 11.6 Å². The summed E-state index contributed by atoms with van der Waals surface area (Å²) in [5.74, 6) is -1.79. The molecule has 2 heterocycles. The molecule has 0 saturated heterocycles. The number of methoxy groups -OCH3 is 1. The van der Waals surface area contributed by atoms with Crippen LogP contribution in [0.4, 0.5) is 0 Å². The lowest BCUT2D eigenvalue weighted by molar-refractivity contribution is -0.136. The van der Waals surface area contributed by atoms with E-state index in [-0.39, 0.29) is 32.8 Å². The highest BCUT2D eigenvalue weighted by molar-refractivity contribution is 6.36. The van der Waals surface area contributed by atoms with Crippen molar-refractivity contribution in [2.75, 3.05) is 7.11 Å². The lowest BCUT2D eigenvalue weighted by atomic mass is 9.83. The number of carbonyl (C=O) groups is 1. The Morgan fingerprint density at radius 2 is 1.75 bits per heavy atom. The van der Waals surface area contributed by atoms with Crippen molar-refractivity contribution in [3.05, 3.63) is 85.5 Å². The van der Waals surface area contributed by atoms with Crippen LogP contribution in [0.5, 0.6) is 5.75 Å². The molecule has 0 aliphatic carbocycles. The SMILES string of the molecule is COC(=O)C1=C(N)Oc2c(c(=O)oc3ccccc23)[C@@H]1c1c(Cl)cccc1Cl. The lowest BCUT2D eigenvalue weighted by Gasteiger charge is -2.28. The Balaban J connectivity index is 2.14. The van der Waals surface area contributed by atoms with Gasteiger partial charge in [-0.15, -0.1) is 0 Å². The maximum atomic E-state index is 12.9. The van der Waals surface area contributed by atoms with Crippen molar-refractivity contribution in [3.63, 3.8) is 0 Å². The van der Waals surface area contributed by atoms with Crippen LogP contribution < -0.4 is 16.1 Å². The van der Waals surface area contributed by atoms with Crippen molar-refractivity contribution in [2.45, 2.75) is 5.92 Å². The van der Waals surface area contributed by atoms with E-state index in [0.717, 1.165) is 0 Å². The molecule has 1 aliphatic rings. The molecule has 1 atom stereocenters. The maximum absolute atomic E-state index is 12.9. The molecule has 2 N–H and O–H groups in total. The van der Waals surface area contributed by atoms with Crippen molar-refractivity contribution >= 4 is 40.1 Å². The highest BCUT2D eigenvalue weighted by atomic mass is 35.5. The molecule has 0 amide bonds. The molecule has 4 rings (SSSR count). The molecule has 0 radical (unpaired) electrons. The summed E-state index contributed by atoms with van der Waals surface area (Å²) in [6.07, 6.45) is 0. The number of nitrogens with two attached hydrogens (primary N) is 1. The van der Waals surface area contributed by atoms with Crippen LogP contribution in [0.25, 0.3) is 11.0 Å². The summed E-state index contributed by atoms with van der Waals surface area (Å²) < 4.78 is 16.0. The molecule has 6 nitrogen and oxygen atoms in total. The number of benzene rings is 2. The summed E-state index contributed by atoms with van der Waals surface area (Å²) in [4.78, 5) is 25.4. The smallest absolute Gasteiger partial charge is 0.344 e. The molecule has 8 heteroatoms. The molecule has 2 aromatic carbocycles.